The van der Waals surface area contributed by atoms with Crippen molar-refractivity contribution in [2.45, 2.75) is 33.1 Å². The number of para-hydroxylation sites is 1. The summed E-state index contributed by atoms with van der Waals surface area (Å²) in [6, 6.07) is 7.17. The monoisotopic (exact) mass is 294 g/mol. The predicted octanol–water partition coefficient (Wildman–Crippen LogP) is 2.88. The maximum Gasteiger partial charge on any atom is 0.261 e. The Morgan fingerprint density at radius 2 is 2.00 bits per heavy atom. The number of unbranched alkanes of at least 4 members (excludes halogenated alkanes) is 1. The minimum atomic E-state index is -0.245. The average Bonchev–Trinajstić information content (AvgIpc) is 2.45. The van der Waals surface area contributed by atoms with Crippen LogP contribution in [0.5, 0.6) is 5.75 Å². The molecule has 1 aromatic carbocycles. The Hall–Kier alpha value is -1.62. The molecule has 0 aliphatic carbocycles. The number of hydrogen-bond acceptors (Lipinski definition) is 3. The Balaban J connectivity index is 2.60. The van der Waals surface area contributed by atoms with Gasteiger partial charge in [-0.3, -0.25) is 10.1 Å². The largest absolute Gasteiger partial charge is 0.493 e. The maximum atomic E-state index is 12.2. The number of ether oxygens (including phenoxy) is 1. The first kappa shape index (κ1) is 16.4. The lowest BCUT2D eigenvalue weighted by atomic mass is 10.2. The molecule has 0 spiro atoms. The van der Waals surface area contributed by atoms with Crippen molar-refractivity contribution < 1.29 is 9.53 Å². The summed E-state index contributed by atoms with van der Waals surface area (Å²) in [4.78, 5) is 12.2. The molecule has 0 radical (unpaired) electrons. The predicted molar refractivity (Wildman–Crippen MR) is 85.2 cm³/mol. The number of benzene rings is 1. The van der Waals surface area contributed by atoms with E-state index in [-0.39, 0.29) is 5.91 Å². The number of carbonyl (C=O) groups excluding carboxylic acids is 1. The Kier molecular flexibility index (Phi) is 7.65. The molecule has 0 heterocycles. The number of carbonyl (C=O) groups is 1. The molecule has 1 amide bonds. The highest BCUT2D eigenvalue weighted by atomic mass is 32.1. The van der Waals surface area contributed by atoms with Crippen LogP contribution < -0.4 is 15.4 Å². The molecule has 1 rings (SSSR count). The fraction of sp³-hybridized carbons (Fsp3) is 0.467. The van der Waals surface area contributed by atoms with E-state index in [9.17, 15) is 4.79 Å². The zero-order valence-electron chi connectivity index (χ0n) is 12.1. The van der Waals surface area contributed by atoms with E-state index in [1.54, 1.807) is 18.2 Å². The minimum absolute atomic E-state index is 0.245. The second-order valence-electron chi connectivity index (χ2n) is 4.41. The summed E-state index contributed by atoms with van der Waals surface area (Å²) in [6.45, 7) is 5.48. The van der Waals surface area contributed by atoms with E-state index in [0.717, 1.165) is 25.8 Å². The first-order valence-corrected chi connectivity index (χ1v) is 7.40. The van der Waals surface area contributed by atoms with Crippen LogP contribution in [0, 0.1) is 0 Å². The van der Waals surface area contributed by atoms with Gasteiger partial charge in [-0.2, -0.15) is 0 Å². The molecule has 0 unspecified atom stereocenters. The van der Waals surface area contributed by atoms with E-state index < -0.39 is 0 Å². The van der Waals surface area contributed by atoms with Crippen LogP contribution in [-0.2, 0) is 0 Å². The van der Waals surface area contributed by atoms with E-state index in [4.69, 9.17) is 17.0 Å². The van der Waals surface area contributed by atoms with Crippen LogP contribution in [0.4, 0.5) is 0 Å². The highest BCUT2D eigenvalue weighted by molar-refractivity contribution is 7.80. The van der Waals surface area contributed by atoms with Gasteiger partial charge >= 0.3 is 0 Å². The van der Waals surface area contributed by atoms with Crippen LogP contribution in [-0.4, -0.2) is 24.2 Å². The summed E-state index contributed by atoms with van der Waals surface area (Å²) in [5.41, 5.74) is 0.501. The Morgan fingerprint density at radius 3 is 2.70 bits per heavy atom. The number of hydrogen-bond donors (Lipinski definition) is 2. The highest BCUT2D eigenvalue weighted by Gasteiger charge is 2.12. The number of rotatable bonds is 7. The van der Waals surface area contributed by atoms with Crippen molar-refractivity contribution in [2.75, 3.05) is 13.2 Å². The summed E-state index contributed by atoms with van der Waals surface area (Å²) in [5, 5.41) is 6.03. The molecule has 1 aromatic rings. The minimum Gasteiger partial charge on any atom is -0.493 e. The summed E-state index contributed by atoms with van der Waals surface area (Å²) in [7, 11) is 0. The van der Waals surface area contributed by atoms with Crippen LogP contribution in [0.15, 0.2) is 24.3 Å². The van der Waals surface area contributed by atoms with Crippen LogP contribution in [0.2, 0.25) is 0 Å². The van der Waals surface area contributed by atoms with Gasteiger partial charge in [-0.1, -0.05) is 32.4 Å². The van der Waals surface area contributed by atoms with E-state index in [1.807, 2.05) is 13.0 Å². The smallest absolute Gasteiger partial charge is 0.261 e. The molecule has 110 valence electrons. The summed E-state index contributed by atoms with van der Waals surface area (Å²) in [6.07, 6.45) is 3.00. The van der Waals surface area contributed by atoms with Gasteiger partial charge in [-0.05, 0) is 37.2 Å². The van der Waals surface area contributed by atoms with Gasteiger partial charge < -0.3 is 10.1 Å². The maximum absolute atomic E-state index is 12.2. The third kappa shape index (κ3) is 5.57. The Bertz CT molecular complexity index is 449. The number of amides is 1. The zero-order chi connectivity index (χ0) is 14.8. The van der Waals surface area contributed by atoms with E-state index in [2.05, 4.69) is 17.6 Å². The molecule has 0 saturated carbocycles. The van der Waals surface area contributed by atoms with Crippen LogP contribution >= 0.6 is 12.2 Å². The molecule has 5 heteroatoms. The Morgan fingerprint density at radius 1 is 1.25 bits per heavy atom. The standard InChI is InChI=1S/C15H22N2O2S/c1-3-5-10-16-15(20)17-14(18)12-8-6-7-9-13(12)19-11-4-2/h6-9H,3-5,10-11H2,1-2H3,(H2,16,17,18,20). The average molecular weight is 294 g/mol. The number of nitrogens with one attached hydrogen (secondary N) is 2. The molecule has 0 bridgehead atoms. The van der Waals surface area contributed by atoms with Gasteiger partial charge in [0, 0.05) is 6.54 Å². The van der Waals surface area contributed by atoms with Crippen molar-refractivity contribution in [1.29, 1.82) is 0 Å². The molecule has 0 aliphatic heterocycles. The third-order valence-electron chi connectivity index (χ3n) is 2.64. The molecular weight excluding hydrogens is 272 g/mol. The van der Waals surface area contributed by atoms with Crippen LogP contribution in [0.1, 0.15) is 43.5 Å². The summed E-state index contributed by atoms with van der Waals surface area (Å²) >= 11 is 5.09. The van der Waals surface area contributed by atoms with Crippen molar-refractivity contribution in [3.63, 3.8) is 0 Å². The summed E-state index contributed by atoms with van der Waals surface area (Å²) < 4.78 is 5.56. The highest BCUT2D eigenvalue weighted by Crippen LogP contribution is 2.17. The van der Waals surface area contributed by atoms with E-state index >= 15 is 0 Å². The van der Waals surface area contributed by atoms with Gasteiger partial charge in [0.25, 0.3) is 5.91 Å². The van der Waals surface area contributed by atoms with E-state index in [1.165, 1.54) is 0 Å². The normalized spacial score (nSPS) is 9.90. The van der Waals surface area contributed by atoms with Gasteiger partial charge in [0.1, 0.15) is 5.75 Å². The molecule has 0 aliphatic rings. The second kappa shape index (κ2) is 9.31. The van der Waals surface area contributed by atoms with Crippen LogP contribution in [0.25, 0.3) is 0 Å². The molecule has 2 N–H and O–H groups in total. The van der Waals surface area contributed by atoms with Gasteiger partial charge in [0.2, 0.25) is 0 Å². The van der Waals surface area contributed by atoms with Crippen molar-refractivity contribution in [3.05, 3.63) is 29.8 Å². The lowest BCUT2D eigenvalue weighted by Crippen LogP contribution is -2.39. The topological polar surface area (TPSA) is 50.4 Å². The fourth-order valence-electron chi connectivity index (χ4n) is 1.59. The molecular formula is C15H22N2O2S. The molecule has 0 atom stereocenters. The van der Waals surface area contributed by atoms with Gasteiger partial charge in [0.05, 0.1) is 12.2 Å². The van der Waals surface area contributed by atoms with Crippen molar-refractivity contribution >= 4 is 23.2 Å². The first-order valence-electron chi connectivity index (χ1n) is 7.00. The molecule has 4 nitrogen and oxygen atoms in total. The quantitative estimate of drug-likeness (QED) is 0.600. The lowest BCUT2D eigenvalue weighted by molar-refractivity contribution is 0.0972. The van der Waals surface area contributed by atoms with Gasteiger partial charge in [-0.15, -0.1) is 0 Å². The van der Waals surface area contributed by atoms with Crippen molar-refractivity contribution in [1.82, 2.24) is 10.6 Å². The lowest BCUT2D eigenvalue weighted by Gasteiger charge is -2.12. The number of thiocarbonyl (C=S) groups is 1. The molecule has 0 saturated heterocycles. The third-order valence-corrected chi connectivity index (χ3v) is 2.88. The Labute approximate surface area is 125 Å². The zero-order valence-corrected chi connectivity index (χ0v) is 12.9. The fourth-order valence-corrected chi connectivity index (χ4v) is 1.78. The van der Waals surface area contributed by atoms with Crippen molar-refractivity contribution in [3.8, 4) is 5.75 Å². The van der Waals surface area contributed by atoms with E-state index in [0.29, 0.717) is 23.0 Å². The van der Waals surface area contributed by atoms with Gasteiger partial charge in [0.15, 0.2) is 5.11 Å². The van der Waals surface area contributed by atoms with Crippen LogP contribution in [0.3, 0.4) is 0 Å². The first-order chi connectivity index (χ1) is 9.69. The second-order valence-corrected chi connectivity index (χ2v) is 4.82. The van der Waals surface area contributed by atoms with Gasteiger partial charge in [-0.25, -0.2) is 0 Å². The molecule has 20 heavy (non-hydrogen) atoms. The van der Waals surface area contributed by atoms with Crippen molar-refractivity contribution in [2.24, 2.45) is 0 Å². The molecule has 0 fully saturated rings. The summed E-state index contributed by atoms with van der Waals surface area (Å²) in [5.74, 6) is 0.342. The SMILES string of the molecule is CCCCNC(=S)NC(=O)c1ccccc1OCCC. The molecule has 0 aromatic heterocycles.